The quantitative estimate of drug-likeness (QED) is 0.602. The Bertz CT molecular complexity index is 154. The highest BCUT2D eigenvalue weighted by molar-refractivity contribution is 5.74. The van der Waals surface area contributed by atoms with Crippen LogP contribution in [-0.2, 0) is 4.79 Å². The molecule has 0 aromatic rings. The lowest BCUT2D eigenvalue weighted by molar-refractivity contribution is -0.174. The Morgan fingerprint density at radius 3 is 1.90 bits per heavy atom. The van der Waals surface area contributed by atoms with Crippen LogP contribution in [-0.4, -0.2) is 23.3 Å². The molecule has 0 heterocycles. The third-order valence-corrected chi connectivity index (χ3v) is 0.649. The summed E-state index contributed by atoms with van der Waals surface area (Å²) < 4.78 is 33.9. The van der Waals surface area contributed by atoms with Crippen molar-refractivity contribution in [3.63, 3.8) is 0 Å². The molecular formula is C3H2F3NO3. The van der Waals surface area contributed by atoms with Crippen molar-refractivity contribution in [3.05, 3.63) is 4.91 Å². The van der Waals surface area contributed by atoms with E-state index in [0.29, 0.717) is 0 Å². The number of hydrogen-bond acceptors (Lipinski definition) is 3. The minimum absolute atomic E-state index is 1.38. The summed E-state index contributed by atoms with van der Waals surface area (Å²) >= 11 is 0. The van der Waals surface area contributed by atoms with Gasteiger partial charge in [0.25, 0.3) is 6.04 Å². The molecule has 0 amide bonds. The number of carbonyl (C=O) groups is 1. The van der Waals surface area contributed by atoms with Crippen molar-refractivity contribution in [2.24, 2.45) is 5.18 Å². The second-order valence-electron chi connectivity index (χ2n) is 1.39. The van der Waals surface area contributed by atoms with Gasteiger partial charge in [0.15, 0.2) is 0 Å². The van der Waals surface area contributed by atoms with Crippen LogP contribution < -0.4 is 0 Å². The van der Waals surface area contributed by atoms with Gasteiger partial charge in [0.1, 0.15) is 0 Å². The standard InChI is InChI=1S/C3H2F3NO3/c4-3(5,6)1(7-10)2(8)9/h1H,(H,8,9). The topological polar surface area (TPSA) is 66.7 Å². The van der Waals surface area contributed by atoms with Crippen molar-refractivity contribution in [1.29, 1.82) is 0 Å². The van der Waals surface area contributed by atoms with Crippen LogP contribution in [0.4, 0.5) is 13.2 Å². The van der Waals surface area contributed by atoms with Crippen LogP contribution >= 0.6 is 0 Å². The van der Waals surface area contributed by atoms with Gasteiger partial charge in [-0.1, -0.05) is 0 Å². The lowest BCUT2D eigenvalue weighted by atomic mass is 10.3. The Balaban J connectivity index is 4.36. The summed E-state index contributed by atoms with van der Waals surface area (Å²) in [6, 6.07) is -3.15. The molecule has 0 aliphatic heterocycles. The number of nitrogens with zero attached hydrogens (tertiary/aromatic N) is 1. The summed E-state index contributed by atoms with van der Waals surface area (Å²) in [7, 11) is 0. The number of carboxylic acids is 1. The fourth-order valence-corrected chi connectivity index (χ4v) is 0.245. The van der Waals surface area contributed by atoms with Crippen LogP contribution in [0, 0.1) is 4.91 Å². The van der Waals surface area contributed by atoms with Gasteiger partial charge in [-0.25, -0.2) is 4.79 Å². The Morgan fingerprint density at radius 2 is 1.90 bits per heavy atom. The van der Waals surface area contributed by atoms with Gasteiger partial charge in [-0.2, -0.15) is 13.2 Å². The maximum Gasteiger partial charge on any atom is 0.425 e. The summed E-state index contributed by atoms with van der Waals surface area (Å²) in [6.07, 6.45) is -5.09. The normalized spacial score (nSPS) is 14.3. The molecule has 1 atom stereocenters. The first-order chi connectivity index (χ1) is 4.39. The van der Waals surface area contributed by atoms with Gasteiger partial charge in [-0.15, -0.1) is 4.91 Å². The van der Waals surface area contributed by atoms with Crippen molar-refractivity contribution in [1.82, 2.24) is 0 Å². The summed E-state index contributed by atoms with van der Waals surface area (Å²) in [5, 5.41) is 9.08. The predicted octanol–water partition coefficient (Wildman–Crippen LogP) is 0.768. The summed E-state index contributed by atoms with van der Waals surface area (Å²) in [4.78, 5) is 18.8. The smallest absolute Gasteiger partial charge is 0.425 e. The molecule has 1 unspecified atom stereocenters. The van der Waals surface area contributed by atoms with Crippen molar-refractivity contribution < 1.29 is 23.1 Å². The van der Waals surface area contributed by atoms with Crippen LogP contribution in [0.5, 0.6) is 0 Å². The van der Waals surface area contributed by atoms with Gasteiger partial charge < -0.3 is 5.11 Å². The van der Waals surface area contributed by atoms with Crippen LogP contribution in [0.1, 0.15) is 0 Å². The molecule has 1 N–H and O–H groups in total. The zero-order valence-corrected chi connectivity index (χ0v) is 4.42. The number of carboxylic acid groups (broad SMARTS) is 1. The van der Waals surface area contributed by atoms with E-state index in [1.807, 2.05) is 0 Å². The lowest BCUT2D eigenvalue weighted by Crippen LogP contribution is -2.34. The van der Waals surface area contributed by atoms with E-state index in [9.17, 15) is 22.9 Å². The fourth-order valence-electron chi connectivity index (χ4n) is 0.245. The molecule has 0 fully saturated rings. The van der Waals surface area contributed by atoms with Crippen LogP contribution in [0.25, 0.3) is 0 Å². The molecule has 4 nitrogen and oxygen atoms in total. The highest BCUT2D eigenvalue weighted by Crippen LogP contribution is 2.22. The average molecular weight is 157 g/mol. The van der Waals surface area contributed by atoms with Crippen molar-refractivity contribution in [3.8, 4) is 0 Å². The third-order valence-electron chi connectivity index (χ3n) is 0.649. The predicted molar refractivity (Wildman–Crippen MR) is 23.3 cm³/mol. The first-order valence-electron chi connectivity index (χ1n) is 2.01. The van der Waals surface area contributed by atoms with Gasteiger partial charge in [-0.05, 0) is 5.18 Å². The molecule has 10 heavy (non-hydrogen) atoms. The molecule has 7 heteroatoms. The largest absolute Gasteiger partial charge is 0.479 e. The molecule has 0 saturated carbocycles. The molecule has 0 radical (unpaired) electrons. The molecular weight excluding hydrogens is 155 g/mol. The molecule has 0 aromatic heterocycles. The first kappa shape index (κ1) is 8.86. The highest BCUT2D eigenvalue weighted by Gasteiger charge is 2.46. The maximum absolute atomic E-state index is 11.3. The van der Waals surface area contributed by atoms with Crippen molar-refractivity contribution >= 4 is 5.97 Å². The van der Waals surface area contributed by atoms with E-state index in [0.717, 1.165) is 0 Å². The maximum atomic E-state index is 11.3. The van der Waals surface area contributed by atoms with Crippen molar-refractivity contribution in [2.45, 2.75) is 12.2 Å². The first-order valence-corrected chi connectivity index (χ1v) is 2.01. The van der Waals surface area contributed by atoms with E-state index in [1.165, 1.54) is 5.18 Å². The van der Waals surface area contributed by atoms with E-state index in [4.69, 9.17) is 5.11 Å². The van der Waals surface area contributed by atoms with Gasteiger partial charge in [0.2, 0.25) is 0 Å². The molecule has 58 valence electrons. The number of halogens is 3. The minimum atomic E-state index is -5.09. The van der Waals surface area contributed by atoms with Crippen molar-refractivity contribution in [2.75, 3.05) is 0 Å². The van der Waals surface area contributed by atoms with Gasteiger partial charge in [0.05, 0.1) is 0 Å². The minimum Gasteiger partial charge on any atom is -0.479 e. The summed E-state index contributed by atoms with van der Waals surface area (Å²) in [5.41, 5.74) is 0. The highest BCUT2D eigenvalue weighted by atomic mass is 19.4. The molecule has 0 saturated heterocycles. The summed E-state index contributed by atoms with van der Waals surface area (Å²) in [5.74, 6) is -2.29. The number of alkyl halides is 3. The van der Waals surface area contributed by atoms with E-state index >= 15 is 0 Å². The zero-order chi connectivity index (χ0) is 8.36. The number of hydrogen-bond donors (Lipinski definition) is 1. The monoisotopic (exact) mass is 157 g/mol. The van der Waals surface area contributed by atoms with Gasteiger partial charge in [0, 0.05) is 0 Å². The fraction of sp³-hybridized carbons (Fsp3) is 0.667. The second-order valence-corrected chi connectivity index (χ2v) is 1.39. The Labute approximate surface area is 52.6 Å². The molecule has 0 aliphatic carbocycles. The van der Waals surface area contributed by atoms with E-state index in [2.05, 4.69) is 0 Å². The van der Waals surface area contributed by atoms with E-state index in [1.54, 1.807) is 0 Å². The van der Waals surface area contributed by atoms with Crippen LogP contribution in [0.15, 0.2) is 5.18 Å². The van der Waals surface area contributed by atoms with E-state index in [-0.39, 0.29) is 0 Å². The van der Waals surface area contributed by atoms with Gasteiger partial charge >= 0.3 is 12.1 Å². The average Bonchev–Trinajstić information content (AvgIpc) is 1.60. The van der Waals surface area contributed by atoms with Crippen LogP contribution in [0.2, 0.25) is 0 Å². The SMILES string of the molecule is O=NC(C(=O)O)C(F)(F)F. The van der Waals surface area contributed by atoms with Gasteiger partial charge in [-0.3, -0.25) is 0 Å². The Morgan fingerprint density at radius 1 is 1.50 bits per heavy atom. The van der Waals surface area contributed by atoms with Crippen LogP contribution in [0.3, 0.4) is 0 Å². The zero-order valence-electron chi connectivity index (χ0n) is 4.42. The molecule has 0 aliphatic rings. The number of rotatable bonds is 2. The number of nitroso groups, excluding NO2 is 1. The molecule has 0 bridgehead atoms. The molecule has 0 spiro atoms. The molecule has 0 aromatic carbocycles. The second kappa shape index (κ2) is 2.63. The van der Waals surface area contributed by atoms with E-state index < -0.39 is 18.2 Å². The molecule has 0 rings (SSSR count). The Hall–Kier alpha value is -1.14. The lowest BCUT2D eigenvalue weighted by Gasteiger charge is -2.06. The summed E-state index contributed by atoms with van der Waals surface area (Å²) in [6.45, 7) is 0. The Kier molecular flexibility index (Phi) is 2.33. The number of aliphatic carboxylic acids is 1. The third kappa shape index (κ3) is 2.00.